The van der Waals surface area contributed by atoms with E-state index in [9.17, 15) is 4.79 Å². The van der Waals surface area contributed by atoms with Crippen LogP contribution in [0.15, 0.2) is 24.3 Å². The van der Waals surface area contributed by atoms with Crippen molar-refractivity contribution in [1.82, 2.24) is 0 Å². The van der Waals surface area contributed by atoms with E-state index in [0.717, 1.165) is 0 Å². The van der Waals surface area contributed by atoms with Crippen LogP contribution in [0, 0.1) is 0 Å². The van der Waals surface area contributed by atoms with Gasteiger partial charge >= 0.3 is 6.16 Å². The van der Waals surface area contributed by atoms with Crippen molar-refractivity contribution in [2.24, 2.45) is 0 Å². The van der Waals surface area contributed by atoms with Crippen molar-refractivity contribution >= 4 is 6.16 Å². The van der Waals surface area contributed by atoms with Crippen molar-refractivity contribution < 1.29 is 14.3 Å². The maximum Gasteiger partial charge on any atom is 0.513 e. The molecule has 0 aliphatic carbocycles. The molecule has 15 heavy (non-hydrogen) atoms. The highest BCUT2D eigenvalue weighted by atomic mass is 16.7. The van der Waals surface area contributed by atoms with Crippen LogP contribution in [0.3, 0.4) is 0 Å². The molecule has 0 atom stereocenters. The second kappa shape index (κ2) is 4.34. The third-order valence-electron chi connectivity index (χ3n) is 2.09. The summed E-state index contributed by atoms with van der Waals surface area (Å²) in [5.74, 6) is 0.495. The Morgan fingerprint density at radius 3 is 2.07 bits per heavy atom. The van der Waals surface area contributed by atoms with Gasteiger partial charge in [0.2, 0.25) is 0 Å². The van der Waals surface area contributed by atoms with Gasteiger partial charge in [0.1, 0.15) is 5.75 Å². The molecular formula is C12H16O3. The fourth-order valence-corrected chi connectivity index (χ4v) is 1.16. The summed E-state index contributed by atoms with van der Waals surface area (Å²) < 4.78 is 9.26. The zero-order valence-corrected chi connectivity index (χ0v) is 9.53. The number of benzene rings is 1. The topological polar surface area (TPSA) is 35.5 Å². The molecule has 3 heteroatoms. The van der Waals surface area contributed by atoms with Crippen LogP contribution in [0.4, 0.5) is 4.79 Å². The van der Waals surface area contributed by atoms with Crippen LogP contribution in [0.2, 0.25) is 0 Å². The Morgan fingerprint density at radius 1 is 1.13 bits per heavy atom. The molecule has 0 saturated carbocycles. The van der Waals surface area contributed by atoms with E-state index in [2.05, 4.69) is 25.5 Å². The molecule has 3 nitrogen and oxygen atoms in total. The Bertz CT molecular complexity index is 333. The van der Waals surface area contributed by atoms with E-state index >= 15 is 0 Å². The van der Waals surface area contributed by atoms with Crippen molar-refractivity contribution in [2.45, 2.75) is 26.2 Å². The molecule has 0 aliphatic heterocycles. The minimum Gasteiger partial charge on any atom is -0.437 e. The molecule has 0 aliphatic rings. The fourth-order valence-electron chi connectivity index (χ4n) is 1.16. The number of methoxy groups -OCH3 is 1. The van der Waals surface area contributed by atoms with E-state index in [1.54, 1.807) is 12.1 Å². The molecule has 0 fully saturated rings. The van der Waals surface area contributed by atoms with Crippen molar-refractivity contribution in [3.05, 3.63) is 29.8 Å². The summed E-state index contributed by atoms with van der Waals surface area (Å²) >= 11 is 0. The van der Waals surface area contributed by atoms with Crippen molar-refractivity contribution in [3.63, 3.8) is 0 Å². The molecular weight excluding hydrogens is 192 g/mol. The zero-order chi connectivity index (χ0) is 11.5. The number of hydrogen-bond donors (Lipinski definition) is 0. The Kier molecular flexibility index (Phi) is 3.35. The smallest absolute Gasteiger partial charge is 0.437 e. The third kappa shape index (κ3) is 3.27. The van der Waals surface area contributed by atoms with Gasteiger partial charge in [0.25, 0.3) is 0 Å². The lowest BCUT2D eigenvalue weighted by Crippen LogP contribution is -2.11. The maximum atomic E-state index is 10.8. The van der Waals surface area contributed by atoms with Gasteiger partial charge in [-0.1, -0.05) is 32.9 Å². The van der Waals surface area contributed by atoms with Gasteiger partial charge in [0.05, 0.1) is 7.11 Å². The molecule has 0 saturated heterocycles. The van der Waals surface area contributed by atoms with Gasteiger partial charge in [0.15, 0.2) is 0 Å². The third-order valence-corrected chi connectivity index (χ3v) is 2.09. The number of carbonyl (C=O) groups is 1. The monoisotopic (exact) mass is 208 g/mol. The molecule has 0 spiro atoms. The summed E-state index contributed by atoms with van der Waals surface area (Å²) in [6.07, 6.45) is -0.696. The van der Waals surface area contributed by atoms with E-state index in [-0.39, 0.29) is 5.41 Å². The summed E-state index contributed by atoms with van der Waals surface area (Å²) in [4.78, 5) is 10.8. The Morgan fingerprint density at radius 2 is 1.67 bits per heavy atom. The average molecular weight is 208 g/mol. The first kappa shape index (κ1) is 11.6. The average Bonchev–Trinajstić information content (AvgIpc) is 2.17. The molecule has 1 rings (SSSR count). The van der Waals surface area contributed by atoms with Gasteiger partial charge in [-0.2, -0.15) is 0 Å². The van der Waals surface area contributed by atoms with Crippen LogP contribution in [-0.4, -0.2) is 13.3 Å². The highest BCUT2D eigenvalue weighted by Crippen LogP contribution is 2.24. The molecule has 82 valence electrons. The number of carbonyl (C=O) groups excluding carboxylic acids is 1. The molecule has 0 unspecified atom stereocenters. The second-order valence-electron chi connectivity index (χ2n) is 4.33. The van der Waals surface area contributed by atoms with Crippen LogP contribution in [0.25, 0.3) is 0 Å². The predicted molar refractivity (Wildman–Crippen MR) is 58.2 cm³/mol. The Hall–Kier alpha value is -1.51. The molecule has 1 aromatic rings. The molecule has 0 bridgehead atoms. The second-order valence-corrected chi connectivity index (χ2v) is 4.33. The predicted octanol–water partition coefficient (Wildman–Crippen LogP) is 3.13. The molecule has 0 amide bonds. The summed E-state index contributed by atoms with van der Waals surface area (Å²) in [6.45, 7) is 6.38. The van der Waals surface area contributed by atoms with Crippen LogP contribution >= 0.6 is 0 Å². The normalized spacial score (nSPS) is 10.9. The molecule has 0 radical (unpaired) electrons. The minimum absolute atomic E-state index is 0.101. The van der Waals surface area contributed by atoms with E-state index in [1.807, 2.05) is 12.1 Å². The highest BCUT2D eigenvalue weighted by Gasteiger charge is 2.13. The van der Waals surface area contributed by atoms with Crippen LogP contribution < -0.4 is 4.74 Å². The van der Waals surface area contributed by atoms with Crippen molar-refractivity contribution in [2.75, 3.05) is 7.11 Å². The van der Waals surface area contributed by atoms with Gasteiger partial charge in [0, 0.05) is 0 Å². The lowest BCUT2D eigenvalue weighted by molar-refractivity contribution is 0.121. The summed E-state index contributed by atoms with van der Waals surface area (Å²) in [7, 11) is 1.28. The van der Waals surface area contributed by atoms with Crippen LogP contribution in [0.1, 0.15) is 26.3 Å². The number of ether oxygens (including phenoxy) is 2. The maximum absolute atomic E-state index is 10.8. The van der Waals surface area contributed by atoms with Gasteiger partial charge in [-0.05, 0) is 23.1 Å². The fraction of sp³-hybridized carbons (Fsp3) is 0.417. The van der Waals surface area contributed by atoms with Crippen molar-refractivity contribution in [3.8, 4) is 5.75 Å². The van der Waals surface area contributed by atoms with Gasteiger partial charge < -0.3 is 9.47 Å². The lowest BCUT2D eigenvalue weighted by Gasteiger charge is -2.18. The minimum atomic E-state index is -0.696. The summed E-state index contributed by atoms with van der Waals surface area (Å²) in [5, 5.41) is 0. The molecule has 0 heterocycles. The first-order chi connectivity index (χ1) is 6.93. The van der Waals surface area contributed by atoms with E-state index < -0.39 is 6.16 Å². The van der Waals surface area contributed by atoms with Crippen LogP contribution in [-0.2, 0) is 10.2 Å². The lowest BCUT2D eigenvalue weighted by atomic mass is 9.87. The standard InChI is InChI=1S/C12H16O3/c1-12(2,3)9-5-7-10(8-6-9)15-11(13)14-4/h5-8H,1-4H3. The number of hydrogen-bond acceptors (Lipinski definition) is 3. The zero-order valence-electron chi connectivity index (χ0n) is 9.53. The summed E-state index contributed by atoms with van der Waals surface area (Å²) in [6, 6.07) is 7.41. The molecule has 0 N–H and O–H groups in total. The van der Waals surface area contributed by atoms with Crippen LogP contribution in [0.5, 0.6) is 5.75 Å². The van der Waals surface area contributed by atoms with E-state index in [4.69, 9.17) is 4.74 Å². The Balaban J connectivity index is 2.77. The van der Waals surface area contributed by atoms with Gasteiger partial charge in [-0.15, -0.1) is 0 Å². The number of rotatable bonds is 1. The first-order valence-corrected chi connectivity index (χ1v) is 4.80. The van der Waals surface area contributed by atoms with E-state index in [0.29, 0.717) is 5.75 Å². The molecule has 1 aromatic carbocycles. The van der Waals surface area contributed by atoms with E-state index in [1.165, 1.54) is 12.7 Å². The molecule has 0 aromatic heterocycles. The van der Waals surface area contributed by atoms with Gasteiger partial charge in [-0.25, -0.2) is 4.79 Å². The quantitative estimate of drug-likeness (QED) is 0.525. The summed E-state index contributed by atoms with van der Waals surface area (Å²) in [5.41, 5.74) is 1.30. The Labute approximate surface area is 90.0 Å². The van der Waals surface area contributed by atoms with Crippen molar-refractivity contribution in [1.29, 1.82) is 0 Å². The van der Waals surface area contributed by atoms with Gasteiger partial charge in [-0.3, -0.25) is 0 Å². The highest BCUT2D eigenvalue weighted by molar-refractivity contribution is 5.63. The largest absolute Gasteiger partial charge is 0.513 e. The SMILES string of the molecule is COC(=O)Oc1ccc(C(C)(C)C)cc1. The first-order valence-electron chi connectivity index (χ1n) is 4.80.